The van der Waals surface area contributed by atoms with E-state index in [9.17, 15) is 18.5 Å². The summed E-state index contributed by atoms with van der Waals surface area (Å²) in [7, 11) is -3.81. The quantitative estimate of drug-likeness (QED) is 0.500. The third-order valence-corrected chi connectivity index (χ3v) is 8.83. The molecule has 3 fully saturated rings. The van der Waals surface area contributed by atoms with Crippen LogP contribution < -0.4 is 5.43 Å². The average molecular weight is 465 g/mol. The van der Waals surface area contributed by atoms with Gasteiger partial charge in [0.1, 0.15) is 5.69 Å². The molecule has 1 aromatic carbocycles. The van der Waals surface area contributed by atoms with E-state index in [0.717, 1.165) is 31.0 Å². The van der Waals surface area contributed by atoms with E-state index >= 15 is 0 Å². The Morgan fingerprint density at radius 3 is 2.50 bits per heavy atom. The van der Waals surface area contributed by atoms with Gasteiger partial charge in [-0.3, -0.25) is 15.5 Å². The lowest BCUT2D eigenvalue weighted by molar-refractivity contribution is -0.384. The van der Waals surface area contributed by atoms with Crippen LogP contribution >= 0.6 is 0 Å². The van der Waals surface area contributed by atoms with Crippen molar-refractivity contribution in [2.75, 3.05) is 31.7 Å². The number of anilines is 1. The molecule has 1 N–H and O–H groups in total. The van der Waals surface area contributed by atoms with E-state index in [4.69, 9.17) is 4.74 Å². The van der Waals surface area contributed by atoms with Crippen LogP contribution in [0, 0.1) is 22.0 Å². The molecule has 1 aromatic rings. The molecule has 0 bridgehead atoms. The third kappa shape index (κ3) is 5.13. The fraction of sp³-hybridized carbons (Fsp3) is 0.682. The van der Waals surface area contributed by atoms with E-state index in [2.05, 4.69) is 10.5 Å². The van der Waals surface area contributed by atoms with Crippen molar-refractivity contribution in [3.8, 4) is 0 Å². The summed E-state index contributed by atoms with van der Waals surface area (Å²) in [6, 6.07) is 4.00. The topological polar surface area (TPSA) is 114 Å². The van der Waals surface area contributed by atoms with Gasteiger partial charge >= 0.3 is 0 Å². The molecular weight excluding hydrogens is 432 g/mol. The SMILES string of the molecule is O=[N+]([O-])c1cc(S(=O)(=O)N2CCOCC2)ccc1N/N=C1/CCCC[C@@H]1C1CCCCC1. The molecule has 0 radical (unpaired) electrons. The smallest absolute Gasteiger partial charge is 0.295 e. The van der Waals surface area contributed by atoms with Gasteiger partial charge in [0, 0.05) is 30.8 Å². The van der Waals surface area contributed by atoms with Gasteiger partial charge in [-0.15, -0.1) is 0 Å². The Morgan fingerprint density at radius 2 is 1.78 bits per heavy atom. The normalized spacial score (nSPS) is 25.0. The molecule has 32 heavy (non-hydrogen) atoms. The number of hydrogen-bond donors (Lipinski definition) is 1. The van der Waals surface area contributed by atoms with Crippen molar-refractivity contribution >= 4 is 27.1 Å². The Balaban J connectivity index is 1.56. The summed E-state index contributed by atoms with van der Waals surface area (Å²) < 4.78 is 32.3. The van der Waals surface area contributed by atoms with Gasteiger partial charge in [0.25, 0.3) is 5.69 Å². The van der Waals surface area contributed by atoms with Crippen molar-refractivity contribution in [3.63, 3.8) is 0 Å². The fourth-order valence-corrected chi connectivity index (χ4v) is 6.62. The average Bonchev–Trinajstić information content (AvgIpc) is 2.84. The summed E-state index contributed by atoms with van der Waals surface area (Å²) in [6.07, 6.45) is 10.6. The third-order valence-electron chi connectivity index (χ3n) is 6.94. The Hall–Kier alpha value is -2.04. The number of benzene rings is 1. The number of ether oxygens (including phenoxy) is 1. The van der Waals surface area contributed by atoms with Crippen LogP contribution in [0.5, 0.6) is 0 Å². The Morgan fingerprint density at radius 1 is 1.06 bits per heavy atom. The molecule has 9 nitrogen and oxygen atoms in total. The van der Waals surface area contributed by atoms with Crippen molar-refractivity contribution in [1.29, 1.82) is 0 Å². The van der Waals surface area contributed by atoms with E-state index in [1.54, 1.807) is 0 Å². The maximum absolute atomic E-state index is 12.9. The molecular formula is C22H32N4O5S. The number of morpholine rings is 1. The summed E-state index contributed by atoms with van der Waals surface area (Å²) >= 11 is 0. The van der Waals surface area contributed by atoms with E-state index in [1.165, 1.54) is 55.0 Å². The van der Waals surface area contributed by atoms with E-state index in [1.807, 2.05) is 0 Å². The van der Waals surface area contributed by atoms with E-state index in [-0.39, 0.29) is 29.4 Å². The second-order valence-corrected chi connectivity index (χ2v) is 10.9. The van der Waals surface area contributed by atoms with Gasteiger partial charge in [0.2, 0.25) is 10.0 Å². The van der Waals surface area contributed by atoms with E-state index < -0.39 is 14.9 Å². The lowest BCUT2D eigenvalue weighted by Crippen LogP contribution is -2.40. The Bertz CT molecular complexity index is 953. The number of nitrogens with one attached hydrogen (secondary N) is 1. The van der Waals surface area contributed by atoms with Crippen molar-refractivity contribution in [1.82, 2.24) is 4.31 Å². The zero-order valence-corrected chi connectivity index (χ0v) is 19.2. The van der Waals surface area contributed by atoms with Crippen LogP contribution in [-0.4, -0.2) is 49.7 Å². The van der Waals surface area contributed by atoms with Gasteiger partial charge in [0.15, 0.2) is 0 Å². The monoisotopic (exact) mass is 464 g/mol. The van der Waals surface area contributed by atoms with Gasteiger partial charge < -0.3 is 4.74 Å². The molecule has 0 spiro atoms. The second kappa shape index (κ2) is 10.3. The highest BCUT2D eigenvalue weighted by molar-refractivity contribution is 7.89. The first-order valence-corrected chi connectivity index (χ1v) is 13.1. The molecule has 3 aliphatic rings. The zero-order valence-electron chi connectivity index (χ0n) is 18.4. The molecule has 2 saturated carbocycles. The van der Waals surface area contributed by atoms with Crippen molar-refractivity contribution in [2.45, 2.75) is 62.7 Å². The van der Waals surface area contributed by atoms with Gasteiger partial charge in [-0.05, 0) is 50.2 Å². The number of rotatable bonds is 6. The van der Waals surface area contributed by atoms with Crippen LogP contribution in [0.3, 0.4) is 0 Å². The first kappa shape index (κ1) is 23.1. The summed E-state index contributed by atoms with van der Waals surface area (Å²) in [4.78, 5) is 11.1. The van der Waals surface area contributed by atoms with Crippen molar-refractivity contribution in [2.24, 2.45) is 16.9 Å². The minimum absolute atomic E-state index is 0.0814. The number of sulfonamides is 1. The van der Waals surface area contributed by atoms with Crippen molar-refractivity contribution < 1.29 is 18.1 Å². The number of hydrogen-bond acceptors (Lipinski definition) is 7. The number of hydrazone groups is 1. The summed E-state index contributed by atoms with van der Waals surface area (Å²) in [5, 5.41) is 16.3. The fourth-order valence-electron chi connectivity index (χ4n) is 5.19. The summed E-state index contributed by atoms with van der Waals surface area (Å²) in [6.45, 7) is 1.12. The Labute approximate surface area is 189 Å². The largest absolute Gasteiger partial charge is 0.379 e. The standard InChI is InChI=1S/C22H32N4O5S/c27-26(28)22-16-18(32(29,30)25-12-14-31-15-13-25)10-11-21(22)24-23-20-9-5-4-8-19(20)17-6-2-1-3-7-17/h10-11,16-17,19,24H,1-9,12-15H2/b23-20-/t19-/m1/s1. The molecule has 1 aliphatic heterocycles. The molecule has 0 unspecified atom stereocenters. The molecule has 1 saturated heterocycles. The molecule has 2 aliphatic carbocycles. The van der Waals surface area contributed by atoms with Crippen LogP contribution in [0.25, 0.3) is 0 Å². The maximum Gasteiger partial charge on any atom is 0.295 e. The highest BCUT2D eigenvalue weighted by Crippen LogP contribution is 2.37. The van der Waals surface area contributed by atoms with Gasteiger partial charge in [-0.25, -0.2) is 8.42 Å². The summed E-state index contributed by atoms with van der Waals surface area (Å²) in [5.74, 6) is 1.09. The molecule has 176 valence electrons. The minimum Gasteiger partial charge on any atom is -0.379 e. The zero-order chi connectivity index (χ0) is 22.6. The lowest BCUT2D eigenvalue weighted by atomic mass is 9.72. The number of nitro groups is 1. The Kier molecular flexibility index (Phi) is 7.42. The highest BCUT2D eigenvalue weighted by atomic mass is 32.2. The number of nitro benzene ring substituents is 1. The maximum atomic E-state index is 12.9. The minimum atomic E-state index is -3.81. The molecule has 1 heterocycles. The predicted molar refractivity (Wildman–Crippen MR) is 122 cm³/mol. The molecule has 0 amide bonds. The van der Waals surface area contributed by atoms with Crippen molar-refractivity contribution in [3.05, 3.63) is 28.3 Å². The van der Waals surface area contributed by atoms with Gasteiger partial charge in [-0.2, -0.15) is 9.41 Å². The second-order valence-electron chi connectivity index (χ2n) is 8.92. The highest BCUT2D eigenvalue weighted by Gasteiger charge is 2.31. The first-order valence-electron chi connectivity index (χ1n) is 11.7. The van der Waals surface area contributed by atoms with Crippen LogP contribution in [-0.2, 0) is 14.8 Å². The lowest BCUT2D eigenvalue weighted by Gasteiger charge is -2.34. The van der Waals surface area contributed by atoms with E-state index in [0.29, 0.717) is 25.0 Å². The number of nitrogens with zero attached hydrogens (tertiary/aromatic N) is 3. The molecule has 0 aromatic heterocycles. The van der Waals surface area contributed by atoms with Crippen LogP contribution in [0.15, 0.2) is 28.2 Å². The molecule has 4 rings (SSSR count). The van der Waals surface area contributed by atoms with Gasteiger partial charge in [-0.1, -0.05) is 25.7 Å². The predicted octanol–water partition coefficient (Wildman–Crippen LogP) is 4.15. The van der Waals surface area contributed by atoms with Crippen LogP contribution in [0.1, 0.15) is 57.8 Å². The summed E-state index contributed by atoms with van der Waals surface area (Å²) in [5.41, 5.74) is 3.94. The first-order chi connectivity index (χ1) is 15.5. The van der Waals surface area contributed by atoms with Crippen LogP contribution in [0.4, 0.5) is 11.4 Å². The van der Waals surface area contributed by atoms with Gasteiger partial charge in [0.05, 0.1) is 23.0 Å². The molecule has 10 heteroatoms. The van der Waals surface area contributed by atoms with Crippen LogP contribution in [0.2, 0.25) is 0 Å². The molecule has 1 atom stereocenters.